The molecule has 3 N–H and O–H groups in total. The highest BCUT2D eigenvalue weighted by Gasteiger charge is 2.08. The van der Waals surface area contributed by atoms with Gasteiger partial charge in [-0.15, -0.1) is 0 Å². The largest absolute Gasteiger partial charge is 0.396 e. The summed E-state index contributed by atoms with van der Waals surface area (Å²) < 4.78 is 0. The number of nitrogens with one attached hydrogen (secondary N) is 2. The van der Waals surface area contributed by atoms with Crippen molar-refractivity contribution in [1.29, 1.82) is 0 Å². The first-order valence-electron chi connectivity index (χ1n) is 5.46. The SMILES string of the molecule is CNc1nc(C)nc(NCC(C)CO)c1C. The fourth-order valence-electron chi connectivity index (χ4n) is 1.38. The highest BCUT2D eigenvalue weighted by atomic mass is 16.3. The normalized spacial score (nSPS) is 12.3. The zero-order valence-electron chi connectivity index (χ0n) is 10.3. The predicted octanol–water partition coefficient (Wildman–Crippen LogP) is 1.18. The van der Waals surface area contributed by atoms with Gasteiger partial charge in [-0.25, -0.2) is 9.97 Å². The molecular formula is C11H20N4O. The van der Waals surface area contributed by atoms with Crippen LogP contribution in [0, 0.1) is 19.8 Å². The van der Waals surface area contributed by atoms with Crippen LogP contribution in [-0.2, 0) is 0 Å². The van der Waals surface area contributed by atoms with Gasteiger partial charge in [-0.3, -0.25) is 0 Å². The number of aliphatic hydroxyl groups is 1. The first-order chi connectivity index (χ1) is 7.58. The van der Waals surface area contributed by atoms with Crippen LogP contribution >= 0.6 is 0 Å². The molecule has 0 bridgehead atoms. The van der Waals surface area contributed by atoms with E-state index < -0.39 is 0 Å². The Balaban J connectivity index is 2.83. The lowest BCUT2D eigenvalue weighted by molar-refractivity contribution is 0.244. The summed E-state index contributed by atoms with van der Waals surface area (Å²) in [6.45, 7) is 6.69. The van der Waals surface area contributed by atoms with E-state index in [4.69, 9.17) is 5.11 Å². The van der Waals surface area contributed by atoms with Crippen molar-refractivity contribution in [3.63, 3.8) is 0 Å². The standard InChI is InChI=1S/C11H20N4O/c1-7(6-16)5-13-11-8(2)10(12-4)14-9(3)15-11/h7,16H,5-6H2,1-4H3,(H2,12,13,14,15). The maximum absolute atomic E-state index is 8.95. The van der Waals surface area contributed by atoms with Gasteiger partial charge >= 0.3 is 0 Å². The van der Waals surface area contributed by atoms with Gasteiger partial charge in [0.2, 0.25) is 0 Å². The number of aromatic nitrogens is 2. The Bertz CT molecular complexity index is 354. The van der Waals surface area contributed by atoms with Gasteiger partial charge in [0.1, 0.15) is 17.5 Å². The maximum atomic E-state index is 8.95. The Morgan fingerprint density at radius 3 is 2.44 bits per heavy atom. The molecule has 5 heteroatoms. The molecule has 0 aliphatic carbocycles. The maximum Gasteiger partial charge on any atom is 0.134 e. The summed E-state index contributed by atoms with van der Waals surface area (Å²) in [4.78, 5) is 8.63. The summed E-state index contributed by atoms with van der Waals surface area (Å²) in [5, 5.41) is 15.2. The Morgan fingerprint density at radius 1 is 1.25 bits per heavy atom. The molecule has 90 valence electrons. The summed E-state index contributed by atoms with van der Waals surface area (Å²) in [6.07, 6.45) is 0. The molecule has 0 aliphatic rings. The van der Waals surface area contributed by atoms with Crippen LogP contribution in [0.5, 0.6) is 0 Å². The highest BCUT2D eigenvalue weighted by molar-refractivity contribution is 5.56. The predicted molar refractivity (Wildman–Crippen MR) is 65.8 cm³/mol. The van der Waals surface area contributed by atoms with E-state index in [0.29, 0.717) is 6.54 Å². The van der Waals surface area contributed by atoms with Gasteiger partial charge in [-0.05, 0) is 19.8 Å². The van der Waals surface area contributed by atoms with Crippen molar-refractivity contribution in [3.8, 4) is 0 Å². The van der Waals surface area contributed by atoms with Crippen LogP contribution < -0.4 is 10.6 Å². The Morgan fingerprint density at radius 2 is 1.88 bits per heavy atom. The molecule has 0 spiro atoms. The monoisotopic (exact) mass is 224 g/mol. The molecule has 0 fully saturated rings. The van der Waals surface area contributed by atoms with Gasteiger partial charge in [0, 0.05) is 25.8 Å². The average Bonchev–Trinajstić information content (AvgIpc) is 2.29. The second-order valence-corrected chi connectivity index (χ2v) is 4.01. The van der Waals surface area contributed by atoms with Gasteiger partial charge in [0.25, 0.3) is 0 Å². The number of aryl methyl sites for hydroxylation is 1. The fourth-order valence-corrected chi connectivity index (χ4v) is 1.38. The number of hydrogen-bond acceptors (Lipinski definition) is 5. The van der Waals surface area contributed by atoms with Crippen LogP contribution in [0.15, 0.2) is 0 Å². The van der Waals surface area contributed by atoms with Gasteiger partial charge < -0.3 is 15.7 Å². The van der Waals surface area contributed by atoms with E-state index in [2.05, 4.69) is 20.6 Å². The topological polar surface area (TPSA) is 70.1 Å². The summed E-state index contributed by atoms with van der Waals surface area (Å²) in [5.74, 6) is 2.62. The van der Waals surface area contributed by atoms with E-state index in [0.717, 1.165) is 23.0 Å². The van der Waals surface area contributed by atoms with E-state index >= 15 is 0 Å². The summed E-state index contributed by atoms with van der Waals surface area (Å²) in [7, 11) is 1.84. The molecule has 1 heterocycles. The molecule has 5 nitrogen and oxygen atoms in total. The zero-order chi connectivity index (χ0) is 12.1. The molecule has 0 saturated heterocycles. The Kier molecular flexibility index (Phi) is 4.49. The van der Waals surface area contributed by atoms with Crippen molar-refractivity contribution in [2.24, 2.45) is 5.92 Å². The third kappa shape index (κ3) is 3.06. The quantitative estimate of drug-likeness (QED) is 0.700. The van der Waals surface area contributed by atoms with Crippen molar-refractivity contribution >= 4 is 11.6 Å². The second kappa shape index (κ2) is 5.65. The van der Waals surface area contributed by atoms with Crippen molar-refractivity contribution < 1.29 is 5.11 Å². The summed E-state index contributed by atoms with van der Waals surface area (Å²) >= 11 is 0. The molecule has 0 aliphatic heterocycles. The number of aliphatic hydroxyl groups excluding tert-OH is 1. The molecule has 1 unspecified atom stereocenters. The van der Waals surface area contributed by atoms with E-state index in [1.165, 1.54) is 0 Å². The minimum absolute atomic E-state index is 0.176. The van der Waals surface area contributed by atoms with Crippen molar-refractivity contribution in [2.75, 3.05) is 30.8 Å². The van der Waals surface area contributed by atoms with Crippen LogP contribution in [0.3, 0.4) is 0 Å². The van der Waals surface area contributed by atoms with E-state index in [1.54, 1.807) is 0 Å². The molecule has 0 amide bonds. The van der Waals surface area contributed by atoms with E-state index in [1.807, 2.05) is 27.8 Å². The number of hydrogen-bond donors (Lipinski definition) is 3. The first-order valence-corrected chi connectivity index (χ1v) is 5.46. The zero-order valence-corrected chi connectivity index (χ0v) is 10.3. The van der Waals surface area contributed by atoms with Gasteiger partial charge in [0.15, 0.2) is 0 Å². The van der Waals surface area contributed by atoms with E-state index in [9.17, 15) is 0 Å². The molecule has 1 aromatic heterocycles. The van der Waals surface area contributed by atoms with Crippen molar-refractivity contribution in [1.82, 2.24) is 9.97 Å². The molecular weight excluding hydrogens is 204 g/mol. The van der Waals surface area contributed by atoms with Crippen LogP contribution in [0.1, 0.15) is 18.3 Å². The molecule has 1 atom stereocenters. The van der Waals surface area contributed by atoms with Gasteiger partial charge in [-0.2, -0.15) is 0 Å². The van der Waals surface area contributed by atoms with Crippen molar-refractivity contribution in [3.05, 3.63) is 11.4 Å². The number of rotatable bonds is 5. The van der Waals surface area contributed by atoms with Crippen LogP contribution in [-0.4, -0.2) is 35.3 Å². The molecule has 16 heavy (non-hydrogen) atoms. The smallest absolute Gasteiger partial charge is 0.134 e. The lowest BCUT2D eigenvalue weighted by atomic mass is 10.2. The Labute approximate surface area is 96.3 Å². The van der Waals surface area contributed by atoms with Crippen LogP contribution in [0.2, 0.25) is 0 Å². The van der Waals surface area contributed by atoms with E-state index in [-0.39, 0.29) is 12.5 Å². The average molecular weight is 224 g/mol. The lowest BCUT2D eigenvalue weighted by Crippen LogP contribution is -2.17. The lowest BCUT2D eigenvalue weighted by Gasteiger charge is -2.14. The third-order valence-electron chi connectivity index (χ3n) is 2.42. The minimum Gasteiger partial charge on any atom is -0.396 e. The summed E-state index contributed by atoms with van der Waals surface area (Å²) in [6, 6.07) is 0. The van der Waals surface area contributed by atoms with Gasteiger partial charge in [-0.1, -0.05) is 6.92 Å². The number of nitrogens with zero attached hydrogens (tertiary/aromatic N) is 2. The molecule has 0 aromatic carbocycles. The Hall–Kier alpha value is -1.36. The van der Waals surface area contributed by atoms with Crippen molar-refractivity contribution in [2.45, 2.75) is 20.8 Å². The van der Waals surface area contributed by atoms with Crippen LogP contribution in [0.25, 0.3) is 0 Å². The molecule has 0 radical (unpaired) electrons. The fraction of sp³-hybridized carbons (Fsp3) is 0.636. The molecule has 1 aromatic rings. The van der Waals surface area contributed by atoms with Crippen LogP contribution in [0.4, 0.5) is 11.6 Å². The molecule has 0 saturated carbocycles. The number of anilines is 2. The highest BCUT2D eigenvalue weighted by Crippen LogP contribution is 2.19. The first kappa shape index (κ1) is 12.7. The molecule has 1 rings (SSSR count). The van der Waals surface area contributed by atoms with Gasteiger partial charge in [0.05, 0.1) is 0 Å². The minimum atomic E-state index is 0.176. The summed E-state index contributed by atoms with van der Waals surface area (Å²) in [5.41, 5.74) is 0.998. The third-order valence-corrected chi connectivity index (χ3v) is 2.42. The second-order valence-electron chi connectivity index (χ2n) is 4.01.